The van der Waals surface area contributed by atoms with Gasteiger partial charge in [0, 0.05) is 0 Å². The summed E-state index contributed by atoms with van der Waals surface area (Å²) in [6.45, 7) is 1.87. The zero-order valence-corrected chi connectivity index (χ0v) is 6.95. The number of benzene rings is 1. The van der Waals surface area contributed by atoms with E-state index in [9.17, 15) is 4.79 Å². The fraction of sp³-hybridized carbons (Fsp3) is 0.300. The first-order valence-electron chi connectivity index (χ1n) is 3.94. The Morgan fingerprint density at radius 1 is 1.58 bits per heavy atom. The van der Waals surface area contributed by atoms with Crippen LogP contribution in [0.3, 0.4) is 0 Å². The maximum absolute atomic E-state index is 10.7. The van der Waals surface area contributed by atoms with Crippen LogP contribution in [0.1, 0.15) is 24.8 Å². The Labute approximate surface area is 71.8 Å². The molecule has 1 aromatic rings. The Morgan fingerprint density at radius 2 is 2.17 bits per heavy atom. The van der Waals surface area contributed by atoms with Crippen molar-refractivity contribution in [2.75, 3.05) is 0 Å². The molecule has 2 heteroatoms. The lowest BCUT2D eigenvalue weighted by atomic mass is 9.97. The van der Waals surface area contributed by atoms with Crippen LogP contribution >= 0.6 is 0 Å². The van der Waals surface area contributed by atoms with Crippen molar-refractivity contribution in [3.8, 4) is 0 Å². The fourth-order valence-electron chi connectivity index (χ4n) is 1.18. The third-order valence-electron chi connectivity index (χ3n) is 1.85. The minimum Gasteiger partial charge on any atom is -0.481 e. The molecule has 0 bridgehead atoms. The highest BCUT2D eigenvalue weighted by Gasteiger charge is 2.16. The van der Waals surface area contributed by atoms with Crippen molar-refractivity contribution in [3.05, 3.63) is 35.9 Å². The third-order valence-corrected chi connectivity index (χ3v) is 1.85. The average molecular weight is 163 g/mol. The van der Waals surface area contributed by atoms with Gasteiger partial charge in [-0.15, -0.1) is 0 Å². The van der Waals surface area contributed by atoms with Crippen LogP contribution in [0.25, 0.3) is 0 Å². The van der Waals surface area contributed by atoms with Gasteiger partial charge < -0.3 is 5.11 Å². The Bertz CT molecular complexity index is 254. The van der Waals surface area contributed by atoms with E-state index in [1.807, 2.05) is 6.92 Å². The Kier molecular flexibility index (Phi) is 2.86. The van der Waals surface area contributed by atoms with Crippen molar-refractivity contribution in [3.63, 3.8) is 0 Å². The molecule has 1 N–H and O–H groups in total. The van der Waals surface area contributed by atoms with Gasteiger partial charge in [-0.05, 0) is 18.1 Å². The van der Waals surface area contributed by atoms with Gasteiger partial charge in [-0.3, -0.25) is 4.79 Å². The van der Waals surface area contributed by atoms with Gasteiger partial charge in [-0.2, -0.15) is 0 Å². The molecule has 2 nitrogen and oxygen atoms in total. The van der Waals surface area contributed by atoms with Crippen molar-refractivity contribution in [1.29, 1.82) is 0 Å². The van der Waals surface area contributed by atoms with Crippen molar-refractivity contribution in [1.82, 2.24) is 0 Å². The number of carboxylic acid groups (broad SMARTS) is 1. The number of carboxylic acids is 1. The van der Waals surface area contributed by atoms with Gasteiger partial charge >= 0.3 is 5.97 Å². The van der Waals surface area contributed by atoms with Gasteiger partial charge in [0.15, 0.2) is 0 Å². The van der Waals surface area contributed by atoms with Crippen LogP contribution in [-0.2, 0) is 4.79 Å². The summed E-state index contributed by atoms with van der Waals surface area (Å²) in [5, 5.41) is 8.82. The van der Waals surface area contributed by atoms with Crippen LogP contribution in [0.2, 0.25) is 0 Å². The minimum absolute atomic E-state index is 0.375. The summed E-state index contributed by atoms with van der Waals surface area (Å²) in [6.07, 6.45) is 0.624. The summed E-state index contributed by atoms with van der Waals surface area (Å²) in [5.74, 6) is -1.14. The van der Waals surface area contributed by atoms with Crippen LogP contribution in [0, 0.1) is 6.07 Å². The molecule has 0 heterocycles. The molecule has 0 saturated carbocycles. The second-order valence-electron chi connectivity index (χ2n) is 2.63. The van der Waals surface area contributed by atoms with Crippen LogP contribution in [0.4, 0.5) is 0 Å². The van der Waals surface area contributed by atoms with Gasteiger partial charge in [0.1, 0.15) is 0 Å². The van der Waals surface area contributed by atoms with Gasteiger partial charge in [-0.1, -0.05) is 31.2 Å². The first kappa shape index (κ1) is 8.78. The Balaban J connectivity index is 2.88. The lowest BCUT2D eigenvalue weighted by Crippen LogP contribution is -2.09. The molecule has 12 heavy (non-hydrogen) atoms. The highest BCUT2D eigenvalue weighted by atomic mass is 16.4. The van der Waals surface area contributed by atoms with E-state index in [4.69, 9.17) is 5.11 Å². The zero-order valence-electron chi connectivity index (χ0n) is 6.95. The monoisotopic (exact) mass is 163 g/mol. The predicted molar refractivity (Wildman–Crippen MR) is 45.9 cm³/mol. The number of hydrogen-bond acceptors (Lipinski definition) is 1. The van der Waals surface area contributed by atoms with E-state index >= 15 is 0 Å². The van der Waals surface area contributed by atoms with E-state index in [-0.39, 0.29) is 5.92 Å². The first-order valence-corrected chi connectivity index (χ1v) is 3.94. The number of aliphatic carboxylic acids is 1. The molecule has 0 aromatic heterocycles. The minimum atomic E-state index is -0.760. The molecular formula is C10H11O2. The van der Waals surface area contributed by atoms with E-state index in [0.29, 0.717) is 6.42 Å². The largest absolute Gasteiger partial charge is 0.481 e. The highest BCUT2D eigenvalue weighted by molar-refractivity contribution is 5.75. The van der Waals surface area contributed by atoms with E-state index in [2.05, 4.69) is 6.07 Å². The quantitative estimate of drug-likeness (QED) is 0.740. The van der Waals surface area contributed by atoms with Crippen molar-refractivity contribution in [2.24, 2.45) is 0 Å². The molecule has 0 amide bonds. The number of rotatable bonds is 3. The summed E-state index contributed by atoms with van der Waals surface area (Å²) in [6, 6.07) is 9.92. The Morgan fingerprint density at radius 3 is 2.58 bits per heavy atom. The van der Waals surface area contributed by atoms with Crippen LogP contribution < -0.4 is 0 Å². The average Bonchev–Trinajstić information content (AvgIpc) is 2.07. The van der Waals surface area contributed by atoms with Crippen LogP contribution in [0.15, 0.2) is 24.3 Å². The second kappa shape index (κ2) is 3.90. The Hall–Kier alpha value is -1.31. The van der Waals surface area contributed by atoms with Gasteiger partial charge in [0.2, 0.25) is 0 Å². The molecule has 1 rings (SSSR count). The van der Waals surface area contributed by atoms with E-state index < -0.39 is 5.97 Å². The number of hydrogen-bond donors (Lipinski definition) is 1. The first-order chi connectivity index (χ1) is 5.75. The molecule has 1 unspecified atom stereocenters. The van der Waals surface area contributed by atoms with Crippen molar-refractivity contribution in [2.45, 2.75) is 19.3 Å². The summed E-state index contributed by atoms with van der Waals surface area (Å²) in [5.41, 5.74) is 0.851. The lowest BCUT2D eigenvalue weighted by Gasteiger charge is -2.08. The smallest absolute Gasteiger partial charge is 0.310 e. The standard InChI is InChI=1S/C10H11O2/c1-2-9(10(11)12)8-6-4-3-5-7-8/h4-7,9H,2H2,1H3,(H,11,12). The molecule has 0 fully saturated rings. The van der Waals surface area contributed by atoms with Crippen molar-refractivity contribution >= 4 is 5.97 Å². The normalized spacial score (nSPS) is 12.4. The summed E-state index contributed by atoms with van der Waals surface area (Å²) in [7, 11) is 0. The molecule has 1 atom stereocenters. The molecule has 0 saturated heterocycles. The molecule has 1 radical (unpaired) electrons. The maximum Gasteiger partial charge on any atom is 0.310 e. The fourth-order valence-corrected chi connectivity index (χ4v) is 1.18. The molecule has 1 aromatic carbocycles. The molecular weight excluding hydrogens is 152 g/mol. The van der Waals surface area contributed by atoms with Gasteiger partial charge in [0.05, 0.1) is 5.92 Å². The molecule has 0 aliphatic heterocycles. The highest BCUT2D eigenvalue weighted by Crippen LogP contribution is 2.18. The SMILES string of the molecule is CCC(C(=O)O)c1cc[c]cc1. The zero-order chi connectivity index (χ0) is 8.97. The van der Waals surface area contributed by atoms with Gasteiger partial charge in [0.25, 0.3) is 0 Å². The summed E-state index contributed by atoms with van der Waals surface area (Å²) < 4.78 is 0. The van der Waals surface area contributed by atoms with Crippen molar-refractivity contribution < 1.29 is 9.90 Å². The van der Waals surface area contributed by atoms with E-state index in [1.165, 1.54) is 0 Å². The molecule has 0 spiro atoms. The van der Waals surface area contributed by atoms with Gasteiger partial charge in [-0.25, -0.2) is 0 Å². The summed E-state index contributed by atoms with van der Waals surface area (Å²) in [4.78, 5) is 10.7. The topological polar surface area (TPSA) is 37.3 Å². The third kappa shape index (κ3) is 1.84. The van der Waals surface area contributed by atoms with E-state index in [1.54, 1.807) is 24.3 Å². The second-order valence-corrected chi connectivity index (χ2v) is 2.63. The van der Waals surface area contributed by atoms with E-state index in [0.717, 1.165) is 5.56 Å². The van der Waals surface area contributed by atoms with Crippen LogP contribution in [0.5, 0.6) is 0 Å². The number of carbonyl (C=O) groups is 1. The summed E-state index contributed by atoms with van der Waals surface area (Å²) >= 11 is 0. The lowest BCUT2D eigenvalue weighted by molar-refractivity contribution is -0.138. The predicted octanol–water partition coefficient (Wildman–Crippen LogP) is 2.06. The van der Waals surface area contributed by atoms with Crippen LogP contribution in [-0.4, -0.2) is 11.1 Å². The molecule has 0 aliphatic carbocycles. The molecule has 0 aliphatic rings. The molecule has 63 valence electrons. The maximum atomic E-state index is 10.7.